The average Bonchev–Trinajstić information content (AvgIpc) is 2.52. The topological polar surface area (TPSA) is 72.6 Å². The van der Waals surface area contributed by atoms with Gasteiger partial charge in [-0.2, -0.15) is 13.2 Å². The molecule has 1 atom stereocenters. The van der Waals surface area contributed by atoms with Gasteiger partial charge in [-0.1, -0.05) is 24.3 Å². The van der Waals surface area contributed by atoms with Gasteiger partial charge in [0.25, 0.3) is 0 Å². The van der Waals surface area contributed by atoms with E-state index in [-0.39, 0.29) is 24.2 Å². The molecular weight excluding hydrogens is 323 g/mol. The highest BCUT2D eigenvalue weighted by Gasteiger charge is 2.33. The van der Waals surface area contributed by atoms with Gasteiger partial charge in [0.2, 0.25) is 5.91 Å². The van der Waals surface area contributed by atoms with Crippen molar-refractivity contribution in [3.05, 3.63) is 65.2 Å². The number of benzene rings is 2. The molecule has 2 aromatic rings. The van der Waals surface area contributed by atoms with Crippen molar-refractivity contribution in [2.75, 3.05) is 6.61 Å². The molecule has 0 spiro atoms. The van der Waals surface area contributed by atoms with Gasteiger partial charge in [0, 0.05) is 12.0 Å². The summed E-state index contributed by atoms with van der Waals surface area (Å²) in [6, 6.07) is 11.1. The SMILES string of the molecule is NC(=O)c1cccc(OC[C@@H](O)Cc2ccccc2C(F)(F)F)c1. The number of rotatable bonds is 6. The maximum atomic E-state index is 12.9. The number of aliphatic hydroxyl groups excluding tert-OH is 1. The van der Waals surface area contributed by atoms with E-state index in [1.165, 1.54) is 30.3 Å². The molecule has 24 heavy (non-hydrogen) atoms. The van der Waals surface area contributed by atoms with Gasteiger partial charge < -0.3 is 15.6 Å². The molecule has 128 valence electrons. The predicted octanol–water partition coefficient (Wildman–Crippen LogP) is 2.79. The van der Waals surface area contributed by atoms with Crippen molar-refractivity contribution >= 4 is 5.91 Å². The number of nitrogens with two attached hydrogens (primary N) is 1. The fraction of sp³-hybridized carbons (Fsp3) is 0.235. The van der Waals surface area contributed by atoms with Gasteiger partial charge in [-0.3, -0.25) is 4.79 Å². The van der Waals surface area contributed by atoms with Crippen molar-refractivity contribution in [3.63, 3.8) is 0 Å². The lowest BCUT2D eigenvalue weighted by molar-refractivity contribution is -0.138. The van der Waals surface area contributed by atoms with E-state index in [1.54, 1.807) is 12.1 Å². The lowest BCUT2D eigenvalue weighted by atomic mass is 10.0. The van der Waals surface area contributed by atoms with Gasteiger partial charge in [0.15, 0.2) is 0 Å². The predicted molar refractivity (Wildman–Crippen MR) is 81.6 cm³/mol. The summed E-state index contributed by atoms with van der Waals surface area (Å²) in [7, 11) is 0. The van der Waals surface area contributed by atoms with Crippen LogP contribution in [0.5, 0.6) is 5.75 Å². The van der Waals surface area contributed by atoms with Crippen LogP contribution < -0.4 is 10.5 Å². The maximum absolute atomic E-state index is 12.9. The Morgan fingerprint density at radius 1 is 1.17 bits per heavy atom. The lowest BCUT2D eigenvalue weighted by Gasteiger charge is -2.16. The average molecular weight is 339 g/mol. The summed E-state index contributed by atoms with van der Waals surface area (Å²) in [4.78, 5) is 11.1. The molecule has 0 fully saturated rings. The van der Waals surface area contributed by atoms with E-state index >= 15 is 0 Å². The number of ether oxygens (including phenoxy) is 1. The second kappa shape index (κ2) is 7.35. The summed E-state index contributed by atoms with van der Waals surface area (Å²) >= 11 is 0. The summed E-state index contributed by atoms with van der Waals surface area (Å²) in [5, 5.41) is 9.95. The highest BCUT2D eigenvalue weighted by atomic mass is 19.4. The van der Waals surface area contributed by atoms with Gasteiger partial charge in [-0.05, 0) is 29.8 Å². The van der Waals surface area contributed by atoms with Crippen molar-refractivity contribution < 1.29 is 27.8 Å². The Bertz CT molecular complexity index is 716. The largest absolute Gasteiger partial charge is 0.491 e. The molecule has 4 nitrogen and oxygen atoms in total. The number of hydrogen-bond acceptors (Lipinski definition) is 3. The molecule has 2 rings (SSSR count). The summed E-state index contributed by atoms with van der Waals surface area (Å²) in [5.41, 5.74) is 4.60. The molecule has 3 N–H and O–H groups in total. The summed E-state index contributed by atoms with van der Waals surface area (Å²) in [5.74, 6) is -0.324. The molecule has 0 heterocycles. The van der Waals surface area contributed by atoms with Crippen molar-refractivity contribution in [1.29, 1.82) is 0 Å². The molecule has 1 amide bonds. The zero-order valence-electron chi connectivity index (χ0n) is 12.6. The number of carbonyl (C=O) groups is 1. The highest BCUT2D eigenvalue weighted by molar-refractivity contribution is 5.93. The lowest BCUT2D eigenvalue weighted by Crippen LogP contribution is -2.22. The number of amides is 1. The second-order valence-electron chi connectivity index (χ2n) is 5.22. The van der Waals surface area contributed by atoms with E-state index in [0.717, 1.165) is 6.07 Å². The normalized spacial score (nSPS) is 12.7. The molecule has 0 radical (unpaired) electrons. The van der Waals surface area contributed by atoms with Crippen molar-refractivity contribution in [2.45, 2.75) is 18.7 Å². The Kier molecular flexibility index (Phi) is 5.46. The van der Waals surface area contributed by atoms with Crippen molar-refractivity contribution in [1.82, 2.24) is 0 Å². The van der Waals surface area contributed by atoms with Gasteiger partial charge >= 0.3 is 6.18 Å². The van der Waals surface area contributed by atoms with Crippen LogP contribution in [0, 0.1) is 0 Å². The number of alkyl halides is 3. The third kappa shape index (κ3) is 4.73. The first-order valence-electron chi connectivity index (χ1n) is 7.13. The number of hydrogen-bond donors (Lipinski definition) is 2. The molecule has 0 aliphatic carbocycles. The Balaban J connectivity index is 2.01. The molecule has 0 unspecified atom stereocenters. The first kappa shape index (κ1) is 17.8. The monoisotopic (exact) mass is 339 g/mol. The Morgan fingerprint density at radius 3 is 2.54 bits per heavy atom. The number of aliphatic hydroxyl groups is 1. The van der Waals surface area contributed by atoms with Crippen LogP contribution in [0.3, 0.4) is 0 Å². The zero-order valence-corrected chi connectivity index (χ0v) is 12.6. The molecule has 7 heteroatoms. The van der Waals surface area contributed by atoms with E-state index in [9.17, 15) is 23.1 Å². The second-order valence-corrected chi connectivity index (χ2v) is 5.22. The van der Waals surface area contributed by atoms with Crippen LogP contribution in [0.25, 0.3) is 0 Å². The quantitative estimate of drug-likeness (QED) is 0.850. The van der Waals surface area contributed by atoms with E-state index in [4.69, 9.17) is 10.5 Å². The zero-order chi connectivity index (χ0) is 17.7. The van der Waals surface area contributed by atoms with E-state index in [1.807, 2.05) is 0 Å². The molecule has 0 aliphatic rings. The van der Waals surface area contributed by atoms with Crippen LogP contribution in [0.4, 0.5) is 13.2 Å². The third-order valence-electron chi connectivity index (χ3n) is 3.34. The van der Waals surface area contributed by atoms with Gasteiger partial charge in [0.1, 0.15) is 12.4 Å². The molecule has 0 saturated carbocycles. The smallest absolute Gasteiger partial charge is 0.416 e. The maximum Gasteiger partial charge on any atom is 0.416 e. The minimum atomic E-state index is -4.48. The Morgan fingerprint density at radius 2 is 1.88 bits per heavy atom. The summed E-state index contributed by atoms with van der Waals surface area (Å²) < 4.78 is 44.1. The fourth-order valence-electron chi connectivity index (χ4n) is 2.22. The van der Waals surface area contributed by atoms with Gasteiger partial charge in [0.05, 0.1) is 11.7 Å². The van der Waals surface area contributed by atoms with E-state index in [2.05, 4.69) is 0 Å². The molecule has 0 bridgehead atoms. The van der Waals surface area contributed by atoms with Crippen LogP contribution >= 0.6 is 0 Å². The number of halogens is 3. The van der Waals surface area contributed by atoms with Crippen LogP contribution in [0.15, 0.2) is 48.5 Å². The van der Waals surface area contributed by atoms with Crippen molar-refractivity contribution in [2.24, 2.45) is 5.73 Å². The molecule has 2 aromatic carbocycles. The molecule has 0 aliphatic heterocycles. The van der Waals surface area contributed by atoms with Gasteiger partial charge in [-0.15, -0.1) is 0 Å². The first-order valence-corrected chi connectivity index (χ1v) is 7.13. The number of primary amides is 1. The van der Waals surface area contributed by atoms with Crippen LogP contribution in [0.2, 0.25) is 0 Å². The Hall–Kier alpha value is -2.54. The minimum absolute atomic E-state index is 0.00742. The van der Waals surface area contributed by atoms with Crippen LogP contribution in [-0.2, 0) is 12.6 Å². The molecular formula is C17H16F3NO3. The standard InChI is InChI=1S/C17H16F3NO3/c18-17(19,20)15-7-2-1-4-11(15)8-13(22)10-24-14-6-3-5-12(9-14)16(21)23/h1-7,9,13,22H,8,10H2,(H2,21,23)/t13-/m0/s1. The van der Waals surface area contributed by atoms with Crippen LogP contribution in [-0.4, -0.2) is 23.7 Å². The minimum Gasteiger partial charge on any atom is -0.491 e. The van der Waals surface area contributed by atoms with Gasteiger partial charge in [-0.25, -0.2) is 0 Å². The fourth-order valence-corrected chi connectivity index (χ4v) is 2.22. The third-order valence-corrected chi connectivity index (χ3v) is 3.34. The molecule has 0 aromatic heterocycles. The summed E-state index contributed by atoms with van der Waals surface area (Å²) in [6.45, 7) is -0.214. The number of carbonyl (C=O) groups excluding carboxylic acids is 1. The van der Waals surface area contributed by atoms with Crippen molar-refractivity contribution in [3.8, 4) is 5.75 Å². The van der Waals surface area contributed by atoms with E-state index in [0.29, 0.717) is 5.75 Å². The van der Waals surface area contributed by atoms with Crippen LogP contribution in [0.1, 0.15) is 21.5 Å². The summed E-state index contributed by atoms with van der Waals surface area (Å²) in [6.07, 6.45) is -5.82. The van der Waals surface area contributed by atoms with E-state index < -0.39 is 23.8 Å². The Labute approximate surface area is 136 Å². The highest BCUT2D eigenvalue weighted by Crippen LogP contribution is 2.32. The first-order chi connectivity index (χ1) is 11.3. The molecule has 0 saturated heterocycles.